The van der Waals surface area contributed by atoms with E-state index in [4.69, 9.17) is 19.9 Å². The molecule has 1 saturated carbocycles. The monoisotopic (exact) mass is 293 g/mol. The zero-order chi connectivity index (χ0) is 15.2. The largest absolute Gasteiger partial charge is 0.496 e. The molecule has 0 aromatic heterocycles. The van der Waals surface area contributed by atoms with Crippen LogP contribution in [0.25, 0.3) is 0 Å². The van der Waals surface area contributed by atoms with E-state index in [-0.39, 0.29) is 18.2 Å². The number of rotatable bonds is 6. The molecule has 0 bridgehead atoms. The smallest absolute Gasteiger partial charge is 0.124 e. The van der Waals surface area contributed by atoms with Crippen LogP contribution in [-0.2, 0) is 9.47 Å². The van der Waals surface area contributed by atoms with Gasteiger partial charge in [0.1, 0.15) is 11.9 Å². The average molecular weight is 293 g/mol. The van der Waals surface area contributed by atoms with Crippen molar-refractivity contribution in [2.45, 2.75) is 57.0 Å². The number of methoxy groups -OCH3 is 2. The molecule has 1 aliphatic rings. The van der Waals surface area contributed by atoms with Gasteiger partial charge in [-0.3, -0.25) is 0 Å². The fraction of sp³-hybridized carbons (Fsp3) is 0.647. The van der Waals surface area contributed by atoms with E-state index >= 15 is 0 Å². The maximum absolute atomic E-state index is 6.33. The molecule has 0 radical (unpaired) electrons. The Morgan fingerprint density at radius 3 is 2.52 bits per heavy atom. The van der Waals surface area contributed by atoms with Gasteiger partial charge in [-0.2, -0.15) is 0 Å². The van der Waals surface area contributed by atoms with Gasteiger partial charge in [-0.1, -0.05) is 18.2 Å². The zero-order valence-corrected chi connectivity index (χ0v) is 13.2. The lowest BCUT2D eigenvalue weighted by molar-refractivity contribution is -0.0730. The molecule has 1 aliphatic carbocycles. The molecule has 2 N–H and O–H groups in total. The van der Waals surface area contributed by atoms with Crippen LogP contribution in [0.15, 0.2) is 24.3 Å². The van der Waals surface area contributed by atoms with Crippen LogP contribution in [0.4, 0.5) is 0 Å². The Morgan fingerprint density at radius 1 is 1.14 bits per heavy atom. The lowest BCUT2D eigenvalue weighted by Gasteiger charge is -2.33. The van der Waals surface area contributed by atoms with Gasteiger partial charge in [0.2, 0.25) is 0 Å². The maximum atomic E-state index is 6.33. The van der Waals surface area contributed by atoms with Crippen molar-refractivity contribution in [2.24, 2.45) is 5.73 Å². The molecule has 0 spiro atoms. The molecule has 0 amide bonds. The van der Waals surface area contributed by atoms with Gasteiger partial charge in [0.15, 0.2) is 0 Å². The molecule has 4 heteroatoms. The van der Waals surface area contributed by atoms with Crippen LogP contribution in [0.3, 0.4) is 0 Å². The lowest BCUT2D eigenvalue weighted by Crippen LogP contribution is -2.34. The van der Waals surface area contributed by atoms with E-state index in [0.717, 1.165) is 37.0 Å². The highest BCUT2D eigenvalue weighted by atomic mass is 16.5. The molecule has 21 heavy (non-hydrogen) atoms. The van der Waals surface area contributed by atoms with Crippen LogP contribution in [0.2, 0.25) is 0 Å². The Labute approximate surface area is 127 Å². The van der Waals surface area contributed by atoms with Crippen molar-refractivity contribution in [1.82, 2.24) is 0 Å². The molecular formula is C17H27NO3. The van der Waals surface area contributed by atoms with Gasteiger partial charge < -0.3 is 19.9 Å². The standard InChI is InChI=1S/C17H27NO3/c1-12(18)17(15-9-4-5-10-16(15)20-3)21-14-8-6-7-13(11-14)19-2/h4-5,9-10,12-14,17H,6-8,11,18H2,1-3H3. The van der Waals surface area contributed by atoms with Crippen LogP contribution >= 0.6 is 0 Å². The Morgan fingerprint density at radius 2 is 1.86 bits per heavy atom. The van der Waals surface area contributed by atoms with E-state index < -0.39 is 0 Å². The van der Waals surface area contributed by atoms with Gasteiger partial charge >= 0.3 is 0 Å². The first kappa shape index (κ1) is 16.3. The van der Waals surface area contributed by atoms with Crippen molar-refractivity contribution >= 4 is 0 Å². The molecule has 0 heterocycles. The molecular weight excluding hydrogens is 266 g/mol. The lowest BCUT2D eigenvalue weighted by atomic mass is 9.94. The van der Waals surface area contributed by atoms with Crippen molar-refractivity contribution in [2.75, 3.05) is 14.2 Å². The topological polar surface area (TPSA) is 53.7 Å². The summed E-state index contributed by atoms with van der Waals surface area (Å²) in [5.41, 5.74) is 7.19. The summed E-state index contributed by atoms with van der Waals surface area (Å²) in [5, 5.41) is 0. The number of para-hydroxylation sites is 1. The minimum Gasteiger partial charge on any atom is -0.496 e. The highest BCUT2D eigenvalue weighted by Crippen LogP contribution is 2.33. The SMILES string of the molecule is COc1ccccc1C(OC1CCCC(OC)C1)C(C)N. The average Bonchev–Trinajstić information content (AvgIpc) is 2.52. The van der Waals surface area contributed by atoms with Crippen molar-refractivity contribution in [3.05, 3.63) is 29.8 Å². The number of nitrogens with two attached hydrogens (primary N) is 1. The first-order chi connectivity index (χ1) is 10.2. The molecule has 1 fully saturated rings. The summed E-state index contributed by atoms with van der Waals surface area (Å²) in [5.74, 6) is 0.832. The summed E-state index contributed by atoms with van der Waals surface area (Å²) in [6, 6.07) is 7.85. The summed E-state index contributed by atoms with van der Waals surface area (Å²) in [7, 11) is 3.45. The predicted octanol–water partition coefficient (Wildman–Crippen LogP) is 3.06. The highest BCUT2D eigenvalue weighted by molar-refractivity contribution is 5.35. The van der Waals surface area contributed by atoms with E-state index in [1.54, 1.807) is 14.2 Å². The minimum atomic E-state index is -0.151. The summed E-state index contributed by atoms with van der Waals surface area (Å²) >= 11 is 0. The highest BCUT2D eigenvalue weighted by Gasteiger charge is 2.28. The summed E-state index contributed by atoms with van der Waals surface area (Å²) in [4.78, 5) is 0. The summed E-state index contributed by atoms with van der Waals surface area (Å²) in [6.45, 7) is 1.98. The fourth-order valence-electron chi connectivity index (χ4n) is 3.03. The predicted molar refractivity (Wildman–Crippen MR) is 83.5 cm³/mol. The molecule has 2 rings (SSSR count). The van der Waals surface area contributed by atoms with Crippen molar-refractivity contribution in [3.8, 4) is 5.75 Å². The number of hydrogen-bond donors (Lipinski definition) is 1. The van der Waals surface area contributed by atoms with Crippen molar-refractivity contribution in [3.63, 3.8) is 0 Å². The van der Waals surface area contributed by atoms with E-state index in [2.05, 4.69) is 0 Å². The van der Waals surface area contributed by atoms with Gasteiger partial charge in [0.25, 0.3) is 0 Å². The summed E-state index contributed by atoms with van der Waals surface area (Å²) in [6.07, 6.45) is 4.61. The van der Waals surface area contributed by atoms with Crippen LogP contribution in [-0.4, -0.2) is 32.5 Å². The fourth-order valence-corrected chi connectivity index (χ4v) is 3.03. The Balaban J connectivity index is 2.12. The van der Waals surface area contributed by atoms with Crippen LogP contribution < -0.4 is 10.5 Å². The van der Waals surface area contributed by atoms with E-state index in [1.165, 1.54) is 0 Å². The third-order valence-electron chi connectivity index (χ3n) is 4.17. The van der Waals surface area contributed by atoms with Crippen LogP contribution in [0.1, 0.15) is 44.3 Å². The first-order valence-electron chi connectivity index (χ1n) is 7.72. The van der Waals surface area contributed by atoms with E-state index in [0.29, 0.717) is 6.10 Å². The molecule has 118 valence electrons. The Hall–Kier alpha value is -1.10. The molecule has 0 saturated heterocycles. The van der Waals surface area contributed by atoms with Gasteiger partial charge in [0, 0.05) is 18.7 Å². The van der Waals surface area contributed by atoms with Crippen LogP contribution in [0.5, 0.6) is 5.75 Å². The molecule has 4 unspecified atom stereocenters. The van der Waals surface area contributed by atoms with E-state index in [1.807, 2.05) is 31.2 Å². The van der Waals surface area contributed by atoms with Crippen LogP contribution in [0, 0.1) is 0 Å². The Bertz CT molecular complexity index is 436. The minimum absolute atomic E-state index is 0.0933. The molecule has 0 aliphatic heterocycles. The normalized spacial score (nSPS) is 25.3. The zero-order valence-electron chi connectivity index (χ0n) is 13.2. The molecule has 4 nitrogen and oxygen atoms in total. The van der Waals surface area contributed by atoms with Gasteiger partial charge in [-0.15, -0.1) is 0 Å². The second kappa shape index (κ2) is 7.78. The van der Waals surface area contributed by atoms with Gasteiger partial charge in [-0.25, -0.2) is 0 Å². The van der Waals surface area contributed by atoms with E-state index in [9.17, 15) is 0 Å². The number of hydrogen-bond acceptors (Lipinski definition) is 4. The third kappa shape index (κ3) is 4.19. The van der Waals surface area contributed by atoms with Crippen molar-refractivity contribution in [1.29, 1.82) is 0 Å². The first-order valence-corrected chi connectivity index (χ1v) is 7.72. The summed E-state index contributed by atoms with van der Waals surface area (Å²) < 4.78 is 17.3. The van der Waals surface area contributed by atoms with Gasteiger partial charge in [-0.05, 0) is 38.7 Å². The second-order valence-corrected chi connectivity index (χ2v) is 5.80. The molecule has 4 atom stereocenters. The second-order valence-electron chi connectivity index (χ2n) is 5.80. The third-order valence-corrected chi connectivity index (χ3v) is 4.17. The quantitative estimate of drug-likeness (QED) is 0.876. The maximum Gasteiger partial charge on any atom is 0.124 e. The number of ether oxygens (including phenoxy) is 3. The molecule has 1 aromatic carbocycles. The van der Waals surface area contributed by atoms with Gasteiger partial charge in [0.05, 0.1) is 19.3 Å². The number of benzene rings is 1. The van der Waals surface area contributed by atoms with Crippen molar-refractivity contribution < 1.29 is 14.2 Å². The Kier molecular flexibility index (Phi) is 6.03. The molecule has 1 aromatic rings.